The van der Waals surface area contributed by atoms with Crippen molar-refractivity contribution in [2.45, 2.75) is 6.92 Å². The molecule has 0 spiro atoms. The third kappa shape index (κ3) is 5.02. The summed E-state index contributed by atoms with van der Waals surface area (Å²) in [5.74, 6) is -0.414. The van der Waals surface area contributed by atoms with Crippen molar-refractivity contribution in [1.82, 2.24) is 5.32 Å². The van der Waals surface area contributed by atoms with E-state index in [2.05, 4.69) is 10.6 Å². The lowest BCUT2D eigenvalue weighted by Gasteiger charge is -2.11. The zero-order chi connectivity index (χ0) is 17.7. The largest absolute Gasteiger partial charge is 0.492 e. The zero-order valence-electron chi connectivity index (χ0n) is 12.5. The Kier molecular flexibility index (Phi) is 6.76. The number of hydrogen-bond acceptors (Lipinski definition) is 3. The molecule has 1 amide bonds. The van der Waals surface area contributed by atoms with Gasteiger partial charge in [0.05, 0.1) is 17.3 Å². The quantitative estimate of drug-likeness (QED) is 0.498. The van der Waals surface area contributed by atoms with Gasteiger partial charge < -0.3 is 10.1 Å². The Hall–Kier alpha value is -1.45. The minimum Gasteiger partial charge on any atom is -0.492 e. The average molecular weight is 479 g/mol. The first-order chi connectivity index (χ1) is 11.4. The maximum Gasteiger partial charge on any atom is 0.257 e. The van der Waals surface area contributed by atoms with Gasteiger partial charge in [-0.25, -0.2) is 4.39 Å². The van der Waals surface area contributed by atoms with Crippen molar-refractivity contribution >= 4 is 63.1 Å². The number of benzene rings is 2. The van der Waals surface area contributed by atoms with Gasteiger partial charge in [0.2, 0.25) is 0 Å². The molecule has 4 nitrogen and oxygen atoms in total. The highest BCUT2D eigenvalue weighted by Gasteiger charge is 2.12. The maximum atomic E-state index is 13.8. The van der Waals surface area contributed by atoms with E-state index in [1.807, 2.05) is 29.5 Å². The molecule has 0 aromatic heterocycles. The molecule has 2 N–H and O–H groups in total. The minimum atomic E-state index is -0.456. The van der Waals surface area contributed by atoms with Crippen LogP contribution in [0.3, 0.4) is 0 Å². The Balaban J connectivity index is 2.03. The number of ether oxygens (including phenoxy) is 1. The molecule has 0 saturated carbocycles. The van der Waals surface area contributed by atoms with Crippen LogP contribution >= 0.6 is 46.4 Å². The van der Waals surface area contributed by atoms with Crippen LogP contribution in [0.4, 0.5) is 10.1 Å². The van der Waals surface area contributed by atoms with E-state index in [0.717, 1.165) is 3.57 Å². The topological polar surface area (TPSA) is 50.4 Å². The van der Waals surface area contributed by atoms with Crippen LogP contribution in [-0.4, -0.2) is 17.6 Å². The van der Waals surface area contributed by atoms with E-state index in [4.69, 9.17) is 28.6 Å². The molecule has 0 heterocycles. The van der Waals surface area contributed by atoms with E-state index < -0.39 is 11.7 Å². The Bertz CT molecular complexity index is 789. The minimum absolute atomic E-state index is 0.00915. The summed E-state index contributed by atoms with van der Waals surface area (Å²) in [5, 5.41) is 5.44. The summed E-state index contributed by atoms with van der Waals surface area (Å²) >= 11 is 13.1. The van der Waals surface area contributed by atoms with Crippen LogP contribution in [0.2, 0.25) is 5.02 Å². The molecule has 0 saturated heterocycles. The lowest BCUT2D eigenvalue weighted by molar-refractivity contribution is 0.0977. The standard InChI is InChI=1S/C16H13ClFIN2O2S/c1-2-23-14-6-3-9(7-11(14)17)15(22)21-16(24)20-13-5-4-10(19)8-12(13)18/h3-8H,2H2,1H3,(H2,20,21,22,24). The fraction of sp³-hybridized carbons (Fsp3) is 0.125. The van der Waals surface area contributed by atoms with Crippen molar-refractivity contribution in [3.8, 4) is 5.75 Å². The lowest BCUT2D eigenvalue weighted by atomic mass is 10.2. The van der Waals surface area contributed by atoms with Crippen LogP contribution in [0.5, 0.6) is 5.75 Å². The highest BCUT2D eigenvalue weighted by Crippen LogP contribution is 2.25. The molecule has 2 aromatic rings. The van der Waals surface area contributed by atoms with Gasteiger partial charge in [-0.05, 0) is 78.1 Å². The molecule has 0 aliphatic rings. The molecule has 0 aliphatic carbocycles. The first kappa shape index (κ1) is 18.9. The predicted molar refractivity (Wildman–Crippen MR) is 105 cm³/mol. The fourth-order valence-electron chi connectivity index (χ4n) is 1.83. The fourth-order valence-corrected chi connectivity index (χ4v) is 2.73. The second-order valence-corrected chi connectivity index (χ2v) is 6.67. The third-order valence-corrected chi connectivity index (χ3v) is 4.07. The van der Waals surface area contributed by atoms with Gasteiger partial charge in [-0.1, -0.05) is 11.6 Å². The first-order valence-electron chi connectivity index (χ1n) is 6.90. The smallest absolute Gasteiger partial charge is 0.257 e. The van der Waals surface area contributed by atoms with Crippen LogP contribution in [0.1, 0.15) is 17.3 Å². The van der Waals surface area contributed by atoms with Crippen molar-refractivity contribution < 1.29 is 13.9 Å². The van der Waals surface area contributed by atoms with Crippen LogP contribution in [-0.2, 0) is 0 Å². The number of nitrogens with one attached hydrogen (secondary N) is 2. The number of thiocarbonyl (C=S) groups is 1. The van der Waals surface area contributed by atoms with E-state index in [-0.39, 0.29) is 10.8 Å². The number of rotatable bonds is 4. The normalized spacial score (nSPS) is 10.2. The molecule has 0 fully saturated rings. The number of amides is 1. The molecule has 0 radical (unpaired) electrons. The van der Waals surface area contributed by atoms with E-state index in [1.54, 1.807) is 24.3 Å². The summed E-state index contributed by atoms with van der Waals surface area (Å²) in [5.41, 5.74) is 0.501. The molecule has 2 aromatic carbocycles. The number of hydrogen-bond donors (Lipinski definition) is 2. The molecule has 0 atom stereocenters. The van der Waals surface area contributed by atoms with Gasteiger partial charge in [0.1, 0.15) is 11.6 Å². The number of halogens is 3. The molecule has 126 valence electrons. The van der Waals surface area contributed by atoms with Gasteiger partial charge in [0.15, 0.2) is 5.11 Å². The lowest BCUT2D eigenvalue weighted by Crippen LogP contribution is -2.34. The Labute approximate surface area is 162 Å². The van der Waals surface area contributed by atoms with Crippen LogP contribution < -0.4 is 15.4 Å². The van der Waals surface area contributed by atoms with E-state index in [0.29, 0.717) is 22.9 Å². The SMILES string of the molecule is CCOc1ccc(C(=O)NC(=S)Nc2ccc(I)cc2F)cc1Cl. The van der Waals surface area contributed by atoms with Crippen molar-refractivity contribution in [3.63, 3.8) is 0 Å². The Morgan fingerprint density at radius 3 is 2.71 bits per heavy atom. The summed E-state index contributed by atoms with van der Waals surface area (Å²) in [6.07, 6.45) is 0. The van der Waals surface area contributed by atoms with Crippen molar-refractivity contribution in [1.29, 1.82) is 0 Å². The highest BCUT2D eigenvalue weighted by molar-refractivity contribution is 14.1. The number of carbonyl (C=O) groups is 1. The summed E-state index contributed by atoms with van der Waals surface area (Å²) in [6, 6.07) is 9.29. The summed E-state index contributed by atoms with van der Waals surface area (Å²) < 4.78 is 19.8. The molecule has 0 aliphatic heterocycles. The van der Waals surface area contributed by atoms with Crippen molar-refractivity contribution in [2.24, 2.45) is 0 Å². The van der Waals surface area contributed by atoms with Gasteiger partial charge in [-0.3, -0.25) is 10.1 Å². The summed E-state index contributed by atoms with van der Waals surface area (Å²) in [4.78, 5) is 12.2. The molecule has 0 unspecified atom stereocenters. The zero-order valence-corrected chi connectivity index (χ0v) is 16.3. The average Bonchev–Trinajstić information content (AvgIpc) is 2.52. The summed E-state index contributed by atoms with van der Waals surface area (Å²) in [7, 11) is 0. The molecule has 8 heteroatoms. The van der Waals surface area contributed by atoms with Gasteiger partial charge in [0, 0.05) is 9.13 Å². The Morgan fingerprint density at radius 2 is 2.08 bits per heavy atom. The monoisotopic (exact) mass is 478 g/mol. The highest BCUT2D eigenvalue weighted by atomic mass is 127. The second-order valence-electron chi connectivity index (χ2n) is 4.61. The van der Waals surface area contributed by atoms with Gasteiger partial charge in [-0.2, -0.15) is 0 Å². The molecule has 24 heavy (non-hydrogen) atoms. The van der Waals surface area contributed by atoms with Gasteiger partial charge >= 0.3 is 0 Å². The Morgan fingerprint density at radius 1 is 1.33 bits per heavy atom. The molecule has 2 rings (SSSR count). The predicted octanol–water partition coefficient (Wildman–Crippen LogP) is 4.61. The number of carbonyl (C=O) groups excluding carboxylic acids is 1. The van der Waals surface area contributed by atoms with Gasteiger partial charge in [-0.15, -0.1) is 0 Å². The molecular formula is C16H13ClFIN2O2S. The molecule has 0 bridgehead atoms. The van der Waals surface area contributed by atoms with Crippen molar-refractivity contribution in [3.05, 3.63) is 56.4 Å². The third-order valence-electron chi connectivity index (χ3n) is 2.90. The van der Waals surface area contributed by atoms with E-state index >= 15 is 0 Å². The van der Waals surface area contributed by atoms with Gasteiger partial charge in [0.25, 0.3) is 5.91 Å². The first-order valence-corrected chi connectivity index (χ1v) is 8.77. The number of anilines is 1. The van der Waals surface area contributed by atoms with Crippen LogP contribution in [0.25, 0.3) is 0 Å². The van der Waals surface area contributed by atoms with Crippen molar-refractivity contribution in [2.75, 3.05) is 11.9 Å². The second kappa shape index (κ2) is 8.59. The maximum absolute atomic E-state index is 13.8. The molecular weight excluding hydrogens is 466 g/mol. The van der Waals surface area contributed by atoms with E-state index in [1.165, 1.54) is 12.1 Å². The summed E-state index contributed by atoms with van der Waals surface area (Å²) in [6.45, 7) is 2.31. The van der Waals surface area contributed by atoms with E-state index in [9.17, 15) is 9.18 Å². The van der Waals surface area contributed by atoms with Crippen LogP contribution in [0.15, 0.2) is 36.4 Å². The van der Waals surface area contributed by atoms with Crippen LogP contribution in [0, 0.1) is 9.39 Å².